The van der Waals surface area contributed by atoms with Gasteiger partial charge in [0.15, 0.2) is 6.61 Å². The van der Waals surface area contributed by atoms with Crippen LogP contribution in [0, 0.1) is 0 Å². The van der Waals surface area contributed by atoms with Crippen molar-refractivity contribution in [2.45, 2.75) is 63.5 Å². The predicted molar refractivity (Wildman–Crippen MR) is 126 cm³/mol. The highest BCUT2D eigenvalue weighted by atomic mass is 16.5. The van der Waals surface area contributed by atoms with Crippen molar-refractivity contribution in [3.63, 3.8) is 0 Å². The number of aryl methyl sites for hydroxylation is 1. The second-order valence-corrected chi connectivity index (χ2v) is 9.04. The Kier molecular flexibility index (Phi) is 7.43. The summed E-state index contributed by atoms with van der Waals surface area (Å²) in [4.78, 5) is 40.2. The van der Waals surface area contributed by atoms with Gasteiger partial charge in [-0.05, 0) is 55.4 Å². The zero-order valence-electron chi connectivity index (χ0n) is 19.2. The van der Waals surface area contributed by atoms with Crippen LogP contribution in [-0.2, 0) is 16.0 Å². The molecule has 0 aromatic heterocycles. The first-order chi connectivity index (χ1) is 16.0. The molecule has 2 aromatic carbocycles. The minimum absolute atomic E-state index is 0.0702. The van der Waals surface area contributed by atoms with Gasteiger partial charge in [0.05, 0.1) is 17.2 Å². The van der Waals surface area contributed by atoms with Crippen LogP contribution >= 0.6 is 0 Å². The van der Waals surface area contributed by atoms with Gasteiger partial charge < -0.3 is 15.0 Å². The number of hydrogen-bond donors (Lipinski definition) is 1. The van der Waals surface area contributed by atoms with E-state index in [0.29, 0.717) is 5.56 Å². The molecule has 2 amide bonds. The molecule has 6 heteroatoms. The van der Waals surface area contributed by atoms with Crippen LogP contribution in [0.2, 0.25) is 0 Å². The zero-order chi connectivity index (χ0) is 23.2. The lowest BCUT2D eigenvalue weighted by Crippen LogP contribution is -2.39. The van der Waals surface area contributed by atoms with E-state index in [2.05, 4.69) is 11.4 Å². The van der Waals surface area contributed by atoms with Crippen molar-refractivity contribution in [2.75, 3.05) is 13.7 Å². The Hall–Kier alpha value is -3.15. The fraction of sp³-hybridized carbons (Fsp3) is 0.444. The van der Waals surface area contributed by atoms with E-state index in [1.165, 1.54) is 12.0 Å². The molecule has 1 fully saturated rings. The maximum atomic E-state index is 13.1. The van der Waals surface area contributed by atoms with Gasteiger partial charge in [-0.1, -0.05) is 55.7 Å². The molecule has 2 aliphatic carbocycles. The summed E-state index contributed by atoms with van der Waals surface area (Å²) in [6.07, 6.45) is 8.29. The van der Waals surface area contributed by atoms with Crippen molar-refractivity contribution in [3.8, 4) is 0 Å². The van der Waals surface area contributed by atoms with Crippen LogP contribution in [0.3, 0.4) is 0 Å². The van der Waals surface area contributed by atoms with Gasteiger partial charge in [-0.3, -0.25) is 9.59 Å². The molecule has 0 radical (unpaired) electrons. The largest absolute Gasteiger partial charge is 0.452 e. The Morgan fingerprint density at radius 3 is 2.39 bits per heavy atom. The third kappa shape index (κ3) is 5.44. The van der Waals surface area contributed by atoms with Crippen LogP contribution in [0.5, 0.6) is 0 Å². The molecule has 0 aliphatic heterocycles. The number of carbonyl (C=O) groups excluding carboxylic acids is 3. The molecule has 1 saturated carbocycles. The van der Waals surface area contributed by atoms with Crippen LogP contribution in [0.4, 0.5) is 0 Å². The van der Waals surface area contributed by atoms with Crippen molar-refractivity contribution < 1.29 is 19.1 Å². The van der Waals surface area contributed by atoms with Crippen LogP contribution in [0.15, 0.2) is 48.5 Å². The van der Waals surface area contributed by atoms with Gasteiger partial charge in [0, 0.05) is 13.1 Å². The number of nitrogens with zero attached hydrogens (tertiary/aromatic N) is 1. The summed E-state index contributed by atoms with van der Waals surface area (Å²) in [6, 6.07) is 14.9. The number of fused-ring (bicyclic) bond motifs is 1. The summed E-state index contributed by atoms with van der Waals surface area (Å²) in [5.41, 5.74) is 2.89. The number of hydrogen-bond acceptors (Lipinski definition) is 4. The average molecular weight is 449 g/mol. The number of amides is 2. The number of ether oxygens (including phenoxy) is 1. The van der Waals surface area contributed by atoms with Crippen molar-refractivity contribution in [1.29, 1.82) is 0 Å². The molecule has 33 heavy (non-hydrogen) atoms. The first kappa shape index (κ1) is 23.0. The molecule has 2 aliphatic rings. The van der Waals surface area contributed by atoms with Crippen molar-refractivity contribution in [3.05, 3.63) is 70.8 Å². The van der Waals surface area contributed by atoms with Crippen molar-refractivity contribution in [1.82, 2.24) is 10.2 Å². The molecule has 0 spiro atoms. The smallest absolute Gasteiger partial charge is 0.339 e. The third-order valence-electron chi connectivity index (χ3n) is 6.86. The fourth-order valence-corrected chi connectivity index (χ4v) is 5.02. The lowest BCUT2D eigenvalue weighted by atomic mass is 9.88. The van der Waals surface area contributed by atoms with Gasteiger partial charge in [0.1, 0.15) is 0 Å². The molecule has 6 nitrogen and oxygen atoms in total. The molecule has 1 N–H and O–H groups in total. The maximum Gasteiger partial charge on any atom is 0.339 e. The predicted octanol–water partition coefficient (Wildman–Crippen LogP) is 4.44. The molecule has 0 heterocycles. The lowest BCUT2D eigenvalue weighted by Gasteiger charge is -2.31. The SMILES string of the molecule is CN(C(=O)c1ccccc1C(=O)OCC(=O)NC1CCCc2ccccc21)C1CCCCC1. The Labute approximate surface area is 195 Å². The van der Waals surface area contributed by atoms with E-state index >= 15 is 0 Å². The van der Waals surface area contributed by atoms with Crippen LogP contribution in [0.25, 0.3) is 0 Å². The number of rotatable bonds is 6. The van der Waals surface area contributed by atoms with E-state index < -0.39 is 5.97 Å². The second-order valence-electron chi connectivity index (χ2n) is 9.04. The van der Waals surface area contributed by atoms with E-state index in [4.69, 9.17) is 4.74 Å². The minimum atomic E-state index is -0.657. The summed E-state index contributed by atoms with van der Waals surface area (Å²) in [7, 11) is 1.80. The summed E-state index contributed by atoms with van der Waals surface area (Å²) < 4.78 is 5.31. The van der Waals surface area contributed by atoms with Crippen molar-refractivity contribution in [2.24, 2.45) is 0 Å². The molecule has 0 bridgehead atoms. The summed E-state index contributed by atoms with van der Waals surface area (Å²) in [5, 5.41) is 2.99. The monoisotopic (exact) mass is 448 g/mol. The average Bonchev–Trinajstić information content (AvgIpc) is 2.87. The normalized spacial score (nSPS) is 18.2. The Bertz CT molecular complexity index is 1010. The third-order valence-corrected chi connectivity index (χ3v) is 6.86. The first-order valence-electron chi connectivity index (χ1n) is 11.9. The summed E-state index contributed by atoms with van der Waals surface area (Å²) in [6.45, 7) is -0.376. The number of esters is 1. The standard InChI is InChI=1S/C27H32N2O4/c1-29(20-12-3-2-4-13-20)26(31)22-15-7-8-16-23(22)27(32)33-18-25(30)28-24-17-9-11-19-10-5-6-14-21(19)24/h5-8,10,14-16,20,24H,2-4,9,11-13,17-18H2,1H3,(H,28,30). The second kappa shape index (κ2) is 10.6. The van der Waals surface area contributed by atoms with Gasteiger partial charge in [0.2, 0.25) is 0 Å². The van der Waals surface area contributed by atoms with E-state index in [1.807, 2.05) is 18.2 Å². The maximum absolute atomic E-state index is 13.1. The van der Waals surface area contributed by atoms with Crippen molar-refractivity contribution >= 4 is 17.8 Å². The highest BCUT2D eigenvalue weighted by molar-refractivity contribution is 6.05. The lowest BCUT2D eigenvalue weighted by molar-refractivity contribution is -0.125. The molecule has 1 unspecified atom stereocenters. The molecule has 2 aromatic rings. The number of nitrogens with one attached hydrogen (secondary N) is 1. The Balaban J connectivity index is 1.37. The Morgan fingerprint density at radius 2 is 1.61 bits per heavy atom. The first-order valence-corrected chi connectivity index (χ1v) is 11.9. The highest BCUT2D eigenvalue weighted by Gasteiger charge is 2.27. The van der Waals surface area contributed by atoms with E-state index in [9.17, 15) is 14.4 Å². The molecule has 174 valence electrons. The fourth-order valence-electron chi connectivity index (χ4n) is 5.02. The van der Waals surface area contributed by atoms with E-state index in [1.54, 1.807) is 36.2 Å². The topological polar surface area (TPSA) is 75.7 Å². The number of benzene rings is 2. The van der Waals surface area contributed by atoms with Crippen LogP contribution in [-0.4, -0.2) is 42.4 Å². The molecule has 1 atom stereocenters. The van der Waals surface area contributed by atoms with Crippen LogP contribution in [0.1, 0.15) is 82.8 Å². The molecule has 4 rings (SSSR count). The van der Waals surface area contributed by atoms with Gasteiger partial charge in [-0.25, -0.2) is 4.79 Å². The minimum Gasteiger partial charge on any atom is -0.452 e. The summed E-state index contributed by atoms with van der Waals surface area (Å²) >= 11 is 0. The highest BCUT2D eigenvalue weighted by Crippen LogP contribution is 2.29. The van der Waals surface area contributed by atoms with E-state index in [0.717, 1.165) is 50.5 Å². The van der Waals surface area contributed by atoms with Gasteiger partial charge in [-0.15, -0.1) is 0 Å². The molecule has 0 saturated heterocycles. The van der Waals surface area contributed by atoms with Gasteiger partial charge in [0.25, 0.3) is 11.8 Å². The summed E-state index contributed by atoms with van der Waals surface area (Å²) in [5.74, 6) is -1.18. The Morgan fingerprint density at radius 1 is 0.909 bits per heavy atom. The molecular weight excluding hydrogens is 416 g/mol. The molecular formula is C27H32N2O4. The van der Waals surface area contributed by atoms with E-state index in [-0.39, 0.29) is 36.1 Å². The number of carbonyl (C=O) groups is 3. The van der Waals surface area contributed by atoms with Crippen LogP contribution < -0.4 is 5.32 Å². The zero-order valence-corrected chi connectivity index (χ0v) is 19.2. The van der Waals surface area contributed by atoms with Gasteiger partial charge >= 0.3 is 5.97 Å². The quantitative estimate of drug-likeness (QED) is 0.663. The van der Waals surface area contributed by atoms with Gasteiger partial charge in [-0.2, -0.15) is 0 Å².